The standard InChI is InChI=1S/C13H17FO3/c1-8-5-9(7-13(2,3)12(15)16)10(14)6-11(8)17-4/h5-6H,7H2,1-4H3,(H,15,16). The van der Waals surface area contributed by atoms with Crippen molar-refractivity contribution in [3.8, 4) is 5.75 Å². The molecule has 0 spiro atoms. The lowest BCUT2D eigenvalue weighted by Gasteiger charge is -2.20. The molecular formula is C13H17FO3. The molecule has 3 nitrogen and oxygen atoms in total. The summed E-state index contributed by atoms with van der Waals surface area (Å²) in [6.07, 6.45) is 0.152. The third-order valence-electron chi connectivity index (χ3n) is 2.78. The molecule has 0 aliphatic carbocycles. The van der Waals surface area contributed by atoms with Gasteiger partial charge in [-0.25, -0.2) is 4.39 Å². The molecule has 1 aromatic rings. The quantitative estimate of drug-likeness (QED) is 0.880. The number of aryl methyl sites for hydroxylation is 1. The molecule has 4 heteroatoms. The third kappa shape index (κ3) is 2.96. The molecule has 1 N–H and O–H groups in total. The van der Waals surface area contributed by atoms with Gasteiger partial charge >= 0.3 is 5.97 Å². The molecule has 0 aliphatic heterocycles. The van der Waals surface area contributed by atoms with Crippen molar-refractivity contribution in [3.05, 3.63) is 29.1 Å². The van der Waals surface area contributed by atoms with E-state index in [1.807, 2.05) is 0 Å². The monoisotopic (exact) mass is 240 g/mol. The summed E-state index contributed by atoms with van der Waals surface area (Å²) in [5.74, 6) is -0.897. The maximum Gasteiger partial charge on any atom is 0.309 e. The van der Waals surface area contributed by atoms with Gasteiger partial charge in [0.1, 0.15) is 11.6 Å². The van der Waals surface area contributed by atoms with Crippen molar-refractivity contribution in [2.24, 2.45) is 5.41 Å². The van der Waals surface area contributed by atoms with Gasteiger partial charge in [-0.3, -0.25) is 4.79 Å². The number of rotatable bonds is 4. The number of aliphatic carboxylic acids is 1. The Morgan fingerprint density at radius 3 is 2.53 bits per heavy atom. The van der Waals surface area contributed by atoms with Crippen LogP contribution in [-0.4, -0.2) is 18.2 Å². The van der Waals surface area contributed by atoms with Crippen molar-refractivity contribution < 1.29 is 19.0 Å². The second-order valence-electron chi connectivity index (χ2n) is 4.78. The number of carboxylic acid groups (broad SMARTS) is 1. The summed E-state index contributed by atoms with van der Waals surface area (Å²) in [6, 6.07) is 2.93. The fourth-order valence-corrected chi connectivity index (χ4v) is 1.63. The van der Waals surface area contributed by atoms with E-state index >= 15 is 0 Å². The van der Waals surface area contributed by atoms with Gasteiger partial charge in [0.15, 0.2) is 0 Å². The lowest BCUT2D eigenvalue weighted by atomic mass is 9.85. The first-order valence-corrected chi connectivity index (χ1v) is 5.34. The van der Waals surface area contributed by atoms with E-state index in [0.29, 0.717) is 11.3 Å². The van der Waals surface area contributed by atoms with E-state index in [9.17, 15) is 9.18 Å². The minimum atomic E-state index is -0.984. The number of halogens is 1. The first-order chi connectivity index (χ1) is 7.77. The van der Waals surface area contributed by atoms with Gasteiger partial charge in [-0.15, -0.1) is 0 Å². The lowest BCUT2D eigenvalue weighted by molar-refractivity contribution is -0.146. The summed E-state index contributed by atoms with van der Waals surface area (Å²) < 4.78 is 18.7. The van der Waals surface area contributed by atoms with Crippen LogP contribution in [0.15, 0.2) is 12.1 Å². The molecular weight excluding hydrogens is 223 g/mol. The van der Waals surface area contributed by atoms with Crippen LogP contribution in [0.5, 0.6) is 5.75 Å². The molecule has 0 aromatic heterocycles. The Balaban J connectivity index is 3.08. The van der Waals surface area contributed by atoms with E-state index in [-0.39, 0.29) is 6.42 Å². The first kappa shape index (κ1) is 13.5. The van der Waals surface area contributed by atoms with Crippen LogP contribution in [0.1, 0.15) is 25.0 Å². The van der Waals surface area contributed by atoms with E-state index in [4.69, 9.17) is 9.84 Å². The summed E-state index contributed by atoms with van der Waals surface area (Å²) >= 11 is 0. The number of methoxy groups -OCH3 is 1. The molecule has 0 amide bonds. The molecule has 0 saturated carbocycles. The minimum Gasteiger partial charge on any atom is -0.496 e. The predicted molar refractivity (Wildman–Crippen MR) is 62.8 cm³/mol. The van der Waals surface area contributed by atoms with Crippen molar-refractivity contribution in [3.63, 3.8) is 0 Å². The lowest BCUT2D eigenvalue weighted by Crippen LogP contribution is -2.26. The highest BCUT2D eigenvalue weighted by atomic mass is 19.1. The van der Waals surface area contributed by atoms with E-state index < -0.39 is 17.2 Å². The Kier molecular flexibility index (Phi) is 3.76. The van der Waals surface area contributed by atoms with Crippen molar-refractivity contribution in [2.75, 3.05) is 7.11 Å². The Hall–Kier alpha value is -1.58. The fraction of sp³-hybridized carbons (Fsp3) is 0.462. The Morgan fingerprint density at radius 2 is 2.06 bits per heavy atom. The van der Waals surface area contributed by atoms with Crippen molar-refractivity contribution in [1.29, 1.82) is 0 Å². The average Bonchev–Trinajstić information content (AvgIpc) is 2.22. The van der Waals surface area contributed by atoms with Gasteiger partial charge in [0.25, 0.3) is 0 Å². The molecule has 0 radical (unpaired) electrons. The number of carboxylic acids is 1. The highest BCUT2D eigenvalue weighted by Crippen LogP contribution is 2.28. The van der Waals surface area contributed by atoms with Gasteiger partial charge in [0, 0.05) is 6.07 Å². The maximum atomic E-state index is 13.7. The van der Waals surface area contributed by atoms with E-state index in [1.54, 1.807) is 26.8 Å². The molecule has 0 atom stereocenters. The van der Waals surface area contributed by atoms with E-state index in [1.165, 1.54) is 13.2 Å². The molecule has 0 unspecified atom stereocenters. The zero-order chi connectivity index (χ0) is 13.2. The highest BCUT2D eigenvalue weighted by Gasteiger charge is 2.28. The molecule has 0 aliphatic rings. The number of hydrogen-bond acceptors (Lipinski definition) is 2. The van der Waals surface area contributed by atoms with Gasteiger partial charge in [-0.05, 0) is 44.4 Å². The largest absolute Gasteiger partial charge is 0.496 e. The third-order valence-corrected chi connectivity index (χ3v) is 2.78. The second kappa shape index (κ2) is 4.73. The molecule has 1 rings (SSSR count). The number of benzene rings is 1. The summed E-state index contributed by atoms with van der Waals surface area (Å²) in [7, 11) is 1.47. The zero-order valence-corrected chi connectivity index (χ0v) is 10.5. The van der Waals surface area contributed by atoms with Gasteiger partial charge in [-0.2, -0.15) is 0 Å². The molecule has 1 aromatic carbocycles. The maximum absolute atomic E-state index is 13.7. The summed E-state index contributed by atoms with van der Waals surface area (Å²) in [5, 5.41) is 9.02. The molecule has 17 heavy (non-hydrogen) atoms. The zero-order valence-electron chi connectivity index (χ0n) is 10.5. The second-order valence-corrected chi connectivity index (χ2v) is 4.78. The number of ether oxygens (including phenoxy) is 1. The topological polar surface area (TPSA) is 46.5 Å². The molecule has 0 bridgehead atoms. The van der Waals surface area contributed by atoms with Gasteiger partial charge in [0.05, 0.1) is 12.5 Å². The van der Waals surface area contributed by atoms with Crippen LogP contribution in [0, 0.1) is 18.2 Å². The number of carbonyl (C=O) groups is 1. The summed E-state index contributed by atoms with van der Waals surface area (Å²) in [6.45, 7) is 4.96. The smallest absolute Gasteiger partial charge is 0.309 e. The Bertz CT molecular complexity index is 439. The summed E-state index contributed by atoms with van der Waals surface area (Å²) in [5.41, 5.74) is 0.211. The average molecular weight is 240 g/mol. The predicted octanol–water partition coefficient (Wildman–Crippen LogP) is 2.80. The Labute approximate surface area is 100 Å². The molecule has 0 saturated heterocycles. The van der Waals surface area contributed by atoms with Crippen LogP contribution in [0.3, 0.4) is 0 Å². The summed E-state index contributed by atoms with van der Waals surface area (Å²) in [4.78, 5) is 11.0. The van der Waals surface area contributed by atoms with Crippen LogP contribution in [0.4, 0.5) is 4.39 Å². The van der Waals surface area contributed by atoms with Crippen LogP contribution in [-0.2, 0) is 11.2 Å². The van der Waals surface area contributed by atoms with Crippen LogP contribution in [0.25, 0.3) is 0 Å². The van der Waals surface area contributed by atoms with Gasteiger partial charge in [0.2, 0.25) is 0 Å². The van der Waals surface area contributed by atoms with Crippen molar-refractivity contribution in [2.45, 2.75) is 27.2 Å². The van der Waals surface area contributed by atoms with Crippen LogP contribution in [0.2, 0.25) is 0 Å². The molecule has 94 valence electrons. The van der Waals surface area contributed by atoms with Crippen molar-refractivity contribution in [1.82, 2.24) is 0 Å². The van der Waals surface area contributed by atoms with E-state index in [0.717, 1.165) is 5.56 Å². The minimum absolute atomic E-state index is 0.152. The first-order valence-electron chi connectivity index (χ1n) is 5.34. The van der Waals surface area contributed by atoms with Gasteiger partial charge in [-0.1, -0.05) is 0 Å². The van der Waals surface area contributed by atoms with Crippen LogP contribution >= 0.6 is 0 Å². The van der Waals surface area contributed by atoms with Crippen LogP contribution < -0.4 is 4.74 Å². The van der Waals surface area contributed by atoms with Crippen molar-refractivity contribution >= 4 is 5.97 Å². The van der Waals surface area contributed by atoms with Gasteiger partial charge < -0.3 is 9.84 Å². The van der Waals surface area contributed by atoms with E-state index in [2.05, 4.69) is 0 Å². The highest BCUT2D eigenvalue weighted by molar-refractivity contribution is 5.74. The normalized spacial score (nSPS) is 11.4. The molecule has 0 heterocycles. The fourth-order valence-electron chi connectivity index (χ4n) is 1.63. The number of hydrogen-bond donors (Lipinski definition) is 1. The molecule has 0 fully saturated rings. The SMILES string of the molecule is COc1cc(F)c(CC(C)(C)C(=O)O)cc1C. The Morgan fingerprint density at radius 1 is 1.47 bits per heavy atom.